The maximum Gasteiger partial charge on any atom is 0.193 e. The molecule has 0 spiro atoms. The van der Waals surface area contributed by atoms with E-state index in [1.807, 2.05) is 13.1 Å². The first-order chi connectivity index (χ1) is 13.3. The number of aliphatic imine (C=N–C) groups is 1. The van der Waals surface area contributed by atoms with E-state index >= 15 is 0 Å². The summed E-state index contributed by atoms with van der Waals surface area (Å²) >= 11 is 0. The Bertz CT molecular complexity index is 525. The fourth-order valence-electron chi connectivity index (χ4n) is 3.20. The standard InChI is InChI=1S/C21H35N3O3/c1-22-21(24-12-9-20(17-24)18-27-16-15-25-2)23-11-6-13-26-14-10-19-7-4-3-5-8-19/h3-5,7-8,20H,6,9-18H2,1-2H3,(H,22,23). The van der Waals surface area contributed by atoms with Crippen molar-refractivity contribution >= 4 is 5.96 Å². The lowest BCUT2D eigenvalue weighted by molar-refractivity contribution is 0.0536. The first-order valence-electron chi connectivity index (χ1n) is 9.97. The summed E-state index contributed by atoms with van der Waals surface area (Å²) in [5.41, 5.74) is 1.32. The van der Waals surface area contributed by atoms with Crippen LogP contribution in [0.4, 0.5) is 0 Å². The molecule has 1 aliphatic heterocycles. The van der Waals surface area contributed by atoms with Gasteiger partial charge in [0.05, 0.1) is 26.4 Å². The van der Waals surface area contributed by atoms with E-state index in [0.29, 0.717) is 19.1 Å². The maximum absolute atomic E-state index is 5.74. The predicted octanol–water partition coefficient (Wildman–Crippen LogP) is 2.20. The molecule has 0 saturated carbocycles. The van der Waals surface area contributed by atoms with Crippen LogP contribution in [0.25, 0.3) is 0 Å². The van der Waals surface area contributed by atoms with Gasteiger partial charge in [-0.1, -0.05) is 30.3 Å². The van der Waals surface area contributed by atoms with Gasteiger partial charge in [-0.15, -0.1) is 0 Å². The molecule has 1 unspecified atom stereocenters. The van der Waals surface area contributed by atoms with Gasteiger partial charge in [-0.3, -0.25) is 4.99 Å². The van der Waals surface area contributed by atoms with E-state index in [-0.39, 0.29) is 0 Å². The number of methoxy groups -OCH3 is 1. The second-order valence-electron chi connectivity index (χ2n) is 6.84. The van der Waals surface area contributed by atoms with Gasteiger partial charge in [0.2, 0.25) is 0 Å². The van der Waals surface area contributed by atoms with Crippen LogP contribution in [0.2, 0.25) is 0 Å². The van der Waals surface area contributed by atoms with E-state index in [1.165, 1.54) is 5.56 Å². The second-order valence-corrected chi connectivity index (χ2v) is 6.84. The molecule has 1 atom stereocenters. The lowest BCUT2D eigenvalue weighted by Gasteiger charge is -2.21. The topological polar surface area (TPSA) is 55.3 Å². The van der Waals surface area contributed by atoms with Gasteiger partial charge < -0.3 is 24.4 Å². The van der Waals surface area contributed by atoms with Gasteiger partial charge in [-0.05, 0) is 24.8 Å². The van der Waals surface area contributed by atoms with Gasteiger partial charge in [0.25, 0.3) is 0 Å². The molecule has 0 radical (unpaired) electrons. The predicted molar refractivity (Wildman–Crippen MR) is 109 cm³/mol. The first-order valence-corrected chi connectivity index (χ1v) is 9.97. The third-order valence-electron chi connectivity index (χ3n) is 4.71. The second kappa shape index (κ2) is 13.5. The fourth-order valence-corrected chi connectivity index (χ4v) is 3.20. The molecule has 2 rings (SSSR count). The van der Waals surface area contributed by atoms with Gasteiger partial charge in [0, 0.05) is 46.3 Å². The van der Waals surface area contributed by atoms with E-state index in [2.05, 4.69) is 39.5 Å². The van der Waals surface area contributed by atoms with Crippen molar-refractivity contribution in [1.29, 1.82) is 0 Å². The summed E-state index contributed by atoms with van der Waals surface area (Å²) in [4.78, 5) is 6.74. The lowest BCUT2D eigenvalue weighted by atomic mass is 10.1. The van der Waals surface area contributed by atoms with Crippen LogP contribution in [0, 0.1) is 5.92 Å². The Kier molecular flexibility index (Phi) is 10.9. The molecule has 1 aliphatic rings. The smallest absolute Gasteiger partial charge is 0.193 e. The number of ether oxygens (including phenoxy) is 3. The zero-order chi connectivity index (χ0) is 19.2. The Balaban J connectivity index is 1.51. The quantitative estimate of drug-likeness (QED) is 0.344. The average Bonchev–Trinajstić information content (AvgIpc) is 3.17. The third kappa shape index (κ3) is 8.73. The van der Waals surface area contributed by atoms with E-state index in [9.17, 15) is 0 Å². The highest BCUT2D eigenvalue weighted by Crippen LogP contribution is 2.16. The SMILES string of the molecule is CN=C(NCCCOCCc1ccccc1)N1CCC(COCCOC)C1. The van der Waals surface area contributed by atoms with Crippen molar-refractivity contribution in [1.82, 2.24) is 10.2 Å². The highest BCUT2D eigenvalue weighted by Gasteiger charge is 2.24. The summed E-state index contributed by atoms with van der Waals surface area (Å²) in [5, 5.41) is 3.45. The highest BCUT2D eigenvalue weighted by molar-refractivity contribution is 5.80. The monoisotopic (exact) mass is 377 g/mol. The Morgan fingerprint density at radius 2 is 2.00 bits per heavy atom. The number of likely N-dealkylation sites (tertiary alicyclic amines) is 1. The van der Waals surface area contributed by atoms with Crippen molar-refractivity contribution in [3.63, 3.8) is 0 Å². The van der Waals surface area contributed by atoms with Gasteiger partial charge in [-0.2, -0.15) is 0 Å². The molecule has 6 heteroatoms. The average molecular weight is 378 g/mol. The van der Waals surface area contributed by atoms with Gasteiger partial charge in [0.1, 0.15) is 0 Å². The Hall–Kier alpha value is -1.63. The molecule has 1 saturated heterocycles. The minimum Gasteiger partial charge on any atom is -0.382 e. The summed E-state index contributed by atoms with van der Waals surface area (Å²) in [6, 6.07) is 10.5. The molecule has 1 aromatic carbocycles. The number of hydrogen-bond donors (Lipinski definition) is 1. The van der Waals surface area contributed by atoms with Crippen LogP contribution in [0.15, 0.2) is 35.3 Å². The number of rotatable bonds is 12. The van der Waals surface area contributed by atoms with E-state index < -0.39 is 0 Å². The highest BCUT2D eigenvalue weighted by atomic mass is 16.5. The normalized spacial score (nSPS) is 17.5. The molecule has 27 heavy (non-hydrogen) atoms. The van der Waals surface area contributed by atoms with Crippen molar-refractivity contribution in [3.05, 3.63) is 35.9 Å². The molecule has 6 nitrogen and oxygen atoms in total. The molecule has 1 fully saturated rings. The fraction of sp³-hybridized carbons (Fsp3) is 0.667. The van der Waals surface area contributed by atoms with Gasteiger partial charge in [0.15, 0.2) is 5.96 Å². The summed E-state index contributed by atoms with van der Waals surface area (Å²) in [7, 11) is 3.55. The molecule has 0 aromatic heterocycles. The first kappa shape index (κ1) is 21.7. The van der Waals surface area contributed by atoms with Crippen molar-refractivity contribution in [2.24, 2.45) is 10.9 Å². The molecular weight excluding hydrogens is 342 g/mol. The largest absolute Gasteiger partial charge is 0.382 e. The number of hydrogen-bond acceptors (Lipinski definition) is 4. The van der Waals surface area contributed by atoms with Gasteiger partial charge >= 0.3 is 0 Å². The number of nitrogens with one attached hydrogen (secondary N) is 1. The lowest BCUT2D eigenvalue weighted by Crippen LogP contribution is -2.40. The summed E-state index contributed by atoms with van der Waals surface area (Å²) in [6.45, 7) is 6.58. The summed E-state index contributed by atoms with van der Waals surface area (Å²) in [6.07, 6.45) is 3.10. The number of guanidine groups is 1. The van der Waals surface area contributed by atoms with Crippen LogP contribution < -0.4 is 5.32 Å². The molecule has 0 bridgehead atoms. The third-order valence-corrected chi connectivity index (χ3v) is 4.71. The maximum atomic E-state index is 5.74. The van der Waals surface area contributed by atoms with Crippen molar-refractivity contribution in [2.45, 2.75) is 19.3 Å². The van der Waals surface area contributed by atoms with Crippen LogP contribution in [0.3, 0.4) is 0 Å². The Morgan fingerprint density at radius 3 is 2.78 bits per heavy atom. The van der Waals surface area contributed by atoms with Crippen LogP contribution >= 0.6 is 0 Å². The summed E-state index contributed by atoms with van der Waals surface area (Å²) < 4.78 is 16.4. The van der Waals surface area contributed by atoms with Crippen LogP contribution in [0.5, 0.6) is 0 Å². The van der Waals surface area contributed by atoms with Gasteiger partial charge in [-0.25, -0.2) is 0 Å². The molecular formula is C21H35N3O3. The van der Waals surface area contributed by atoms with Crippen LogP contribution in [-0.4, -0.2) is 77.7 Å². The van der Waals surface area contributed by atoms with Crippen LogP contribution in [0.1, 0.15) is 18.4 Å². The zero-order valence-electron chi connectivity index (χ0n) is 16.9. The molecule has 152 valence electrons. The van der Waals surface area contributed by atoms with E-state index in [1.54, 1.807) is 7.11 Å². The van der Waals surface area contributed by atoms with E-state index in [0.717, 1.165) is 64.7 Å². The van der Waals surface area contributed by atoms with Crippen molar-refractivity contribution in [2.75, 3.05) is 66.8 Å². The minimum atomic E-state index is 0.571. The number of benzene rings is 1. The summed E-state index contributed by atoms with van der Waals surface area (Å²) in [5.74, 6) is 1.56. The molecule has 1 heterocycles. The zero-order valence-corrected chi connectivity index (χ0v) is 16.9. The molecule has 1 N–H and O–H groups in total. The van der Waals surface area contributed by atoms with Crippen LogP contribution in [-0.2, 0) is 20.6 Å². The van der Waals surface area contributed by atoms with E-state index in [4.69, 9.17) is 14.2 Å². The molecule has 1 aromatic rings. The minimum absolute atomic E-state index is 0.571. The van der Waals surface area contributed by atoms with Crippen molar-refractivity contribution in [3.8, 4) is 0 Å². The molecule has 0 amide bonds. The Morgan fingerprint density at radius 1 is 1.15 bits per heavy atom. The number of nitrogens with zero attached hydrogens (tertiary/aromatic N) is 2. The van der Waals surface area contributed by atoms with Crippen molar-refractivity contribution < 1.29 is 14.2 Å². The molecule has 0 aliphatic carbocycles. The Labute approximate surface area is 163 Å².